The number of fused-ring (bicyclic) bond motifs is 1. The molecule has 1 saturated heterocycles. The monoisotopic (exact) mass is 649 g/mol. The van der Waals surface area contributed by atoms with Crippen LogP contribution in [0.15, 0.2) is 42.1 Å². The van der Waals surface area contributed by atoms with Crippen LogP contribution in [0.5, 0.6) is 0 Å². The van der Waals surface area contributed by atoms with Crippen molar-refractivity contribution in [3.63, 3.8) is 0 Å². The lowest BCUT2D eigenvalue weighted by molar-refractivity contribution is -0.179. The van der Waals surface area contributed by atoms with Gasteiger partial charge in [-0.2, -0.15) is 0 Å². The minimum absolute atomic E-state index is 0.171. The Balaban J connectivity index is 1.73. The number of hydrogen-bond donors (Lipinski definition) is 2. The minimum atomic E-state index is -0.902. The van der Waals surface area contributed by atoms with Gasteiger partial charge in [0.1, 0.15) is 30.1 Å². The summed E-state index contributed by atoms with van der Waals surface area (Å²) < 4.78 is 30.5. The van der Waals surface area contributed by atoms with Crippen molar-refractivity contribution in [2.75, 3.05) is 13.0 Å². The second-order valence-corrected chi connectivity index (χ2v) is 13.6. The lowest BCUT2D eigenvalue weighted by Crippen LogP contribution is -2.48. The summed E-state index contributed by atoms with van der Waals surface area (Å²) >= 11 is 5.75. The van der Waals surface area contributed by atoms with Crippen molar-refractivity contribution < 1.29 is 43.2 Å². The normalized spacial score (nSPS) is 35.2. The van der Waals surface area contributed by atoms with Crippen molar-refractivity contribution >= 4 is 29.5 Å². The molecule has 0 radical (unpaired) electrons. The average Bonchev–Trinajstić information content (AvgIpc) is 3.62. The summed E-state index contributed by atoms with van der Waals surface area (Å²) in [4.78, 5) is 42.0. The van der Waals surface area contributed by atoms with Crippen LogP contribution in [0.4, 0.5) is 0 Å². The van der Waals surface area contributed by atoms with Crippen LogP contribution >= 0.6 is 11.6 Å². The molecule has 250 valence electrons. The van der Waals surface area contributed by atoms with Gasteiger partial charge in [0, 0.05) is 48.8 Å². The average molecular weight is 650 g/mol. The molecule has 45 heavy (non-hydrogen) atoms. The number of aromatic nitrogens is 1. The van der Waals surface area contributed by atoms with Crippen LogP contribution in [0, 0.1) is 23.2 Å². The molecule has 11 heteroatoms. The fourth-order valence-electron chi connectivity index (χ4n) is 7.07. The Morgan fingerprint density at radius 3 is 2.60 bits per heavy atom. The van der Waals surface area contributed by atoms with E-state index >= 15 is 0 Å². The lowest BCUT2D eigenvalue weighted by Gasteiger charge is -2.42. The molecule has 0 saturated carbocycles. The number of carbonyl (C=O) groups excluding carboxylic acids is 3. The molecular formula is C34H48ClNO9. The highest BCUT2D eigenvalue weighted by Crippen LogP contribution is 2.58. The number of methoxy groups -OCH3 is 1. The van der Waals surface area contributed by atoms with Crippen LogP contribution in [0.1, 0.15) is 77.7 Å². The van der Waals surface area contributed by atoms with Crippen molar-refractivity contribution in [1.29, 1.82) is 0 Å². The topological polar surface area (TPSA) is 133 Å². The highest BCUT2D eigenvalue weighted by Gasteiger charge is 2.62. The summed E-state index contributed by atoms with van der Waals surface area (Å²) in [6.45, 7) is 11.2. The summed E-state index contributed by atoms with van der Waals surface area (Å²) in [5.74, 6) is -2.21. The maximum Gasteiger partial charge on any atom is 0.355 e. The Morgan fingerprint density at radius 2 is 1.98 bits per heavy atom. The van der Waals surface area contributed by atoms with Crippen molar-refractivity contribution in [2.45, 2.75) is 109 Å². The van der Waals surface area contributed by atoms with E-state index in [2.05, 4.69) is 24.1 Å². The molecule has 1 fully saturated rings. The SMILES string of the molecule is CO[C@H]1C[C@H]2C=C[C@]3(C)C[C@]2(O[C@H]3[C@H](OC(=O)c2ccc[nH]2)[C@H](C)[C@H](C)O)/C(C)=C/[C@@H](C)[C@@H]([C@@H](C)OC(=O)CCCCl)OC1=O. The molecule has 11 atom stereocenters. The molecule has 3 aliphatic rings. The van der Waals surface area contributed by atoms with E-state index in [1.54, 1.807) is 32.2 Å². The molecule has 3 heterocycles. The Kier molecular flexibility index (Phi) is 11.3. The minimum Gasteiger partial charge on any atom is -0.459 e. The second kappa shape index (κ2) is 14.4. The molecule has 2 bridgehead atoms. The van der Waals surface area contributed by atoms with Gasteiger partial charge in [-0.25, -0.2) is 9.59 Å². The zero-order chi connectivity index (χ0) is 33.1. The number of aromatic amines is 1. The summed E-state index contributed by atoms with van der Waals surface area (Å²) in [7, 11) is 1.47. The third-order valence-corrected chi connectivity index (χ3v) is 10.1. The highest BCUT2D eigenvalue weighted by atomic mass is 35.5. The Bertz CT molecular complexity index is 1260. The summed E-state index contributed by atoms with van der Waals surface area (Å²) in [5, 5.41) is 10.7. The zero-order valence-electron chi connectivity index (χ0n) is 27.3. The maximum atomic E-state index is 13.5. The smallest absolute Gasteiger partial charge is 0.355 e. The largest absolute Gasteiger partial charge is 0.459 e. The molecule has 1 aliphatic carbocycles. The molecule has 0 aromatic carbocycles. The fraction of sp³-hybridized carbons (Fsp3) is 0.676. The number of rotatable bonds is 11. The number of halogens is 1. The Labute approximate surface area is 270 Å². The standard InChI is InChI=1S/C34H48ClNO9/c1-19-16-20(2)34-18-33(6,30(45-34)29(21(3)22(4)37)44-31(39)25-10-9-15-36-25)13-12-24(34)17-26(41-7)32(40)43-28(19)23(5)42-27(38)11-8-14-35/h9-10,12-13,15-16,19,21-24,26,28-30,36-37H,8,11,14,17-18H2,1-7H3/b20-16+/t19-,21-,22+,23-,24-,26+,28+,29-,30+,33-,34+/m1/s1. The van der Waals surface area contributed by atoms with E-state index in [-0.39, 0.29) is 24.7 Å². The van der Waals surface area contributed by atoms with Gasteiger partial charge in [0.05, 0.1) is 11.7 Å². The van der Waals surface area contributed by atoms with E-state index in [9.17, 15) is 19.5 Å². The molecular weight excluding hydrogens is 602 g/mol. The number of alkyl halides is 1. The summed E-state index contributed by atoms with van der Waals surface area (Å²) in [5.41, 5.74) is -0.187. The van der Waals surface area contributed by atoms with E-state index in [1.807, 2.05) is 26.8 Å². The molecule has 4 rings (SSSR count). The van der Waals surface area contributed by atoms with Gasteiger partial charge in [-0.05, 0) is 57.7 Å². The molecule has 10 nitrogen and oxygen atoms in total. The predicted octanol–water partition coefficient (Wildman–Crippen LogP) is 5.14. The first kappa shape index (κ1) is 35.2. The third-order valence-electron chi connectivity index (χ3n) is 9.84. The van der Waals surface area contributed by atoms with E-state index in [0.29, 0.717) is 24.4 Å². The van der Waals surface area contributed by atoms with E-state index in [4.69, 9.17) is 35.3 Å². The van der Waals surface area contributed by atoms with Gasteiger partial charge in [0.15, 0.2) is 6.10 Å². The second-order valence-electron chi connectivity index (χ2n) is 13.2. The quantitative estimate of drug-likeness (QED) is 0.145. The van der Waals surface area contributed by atoms with E-state index in [0.717, 1.165) is 5.57 Å². The Morgan fingerprint density at radius 1 is 1.24 bits per heavy atom. The van der Waals surface area contributed by atoms with Crippen molar-refractivity contribution in [2.24, 2.45) is 23.2 Å². The summed E-state index contributed by atoms with van der Waals surface area (Å²) in [6, 6.07) is 3.36. The van der Waals surface area contributed by atoms with E-state index in [1.165, 1.54) is 7.11 Å². The molecule has 1 spiro atoms. The van der Waals surface area contributed by atoms with Crippen LogP contribution in [-0.2, 0) is 33.3 Å². The van der Waals surface area contributed by atoms with Crippen molar-refractivity contribution in [3.05, 3.63) is 47.8 Å². The van der Waals surface area contributed by atoms with Gasteiger partial charge in [0.2, 0.25) is 0 Å². The Hall–Kier alpha value is -2.66. The number of nitrogens with one attached hydrogen (secondary N) is 1. The van der Waals surface area contributed by atoms with Gasteiger partial charge in [-0.1, -0.05) is 39.0 Å². The highest BCUT2D eigenvalue weighted by molar-refractivity contribution is 6.17. The van der Waals surface area contributed by atoms with Crippen molar-refractivity contribution in [1.82, 2.24) is 4.98 Å². The number of H-pyrrole nitrogens is 1. The number of hydrogen-bond acceptors (Lipinski definition) is 9. The fourth-order valence-corrected chi connectivity index (χ4v) is 7.20. The van der Waals surface area contributed by atoms with Gasteiger partial charge in [-0.15, -0.1) is 11.6 Å². The van der Waals surface area contributed by atoms with Crippen LogP contribution < -0.4 is 0 Å². The van der Waals surface area contributed by atoms with Crippen LogP contribution in [-0.4, -0.2) is 83.2 Å². The maximum absolute atomic E-state index is 13.5. The molecule has 0 unspecified atom stereocenters. The summed E-state index contributed by atoms with van der Waals surface area (Å²) in [6.07, 6.45) is 4.78. The first-order chi connectivity index (χ1) is 21.3. The van der Waals surface area contributed by atoms with Gasteiger partial charge < -0.3 is 33.8 Å². The molecule has 1 aromatic rings. The van der Waals surface area contributed by atoms with Crippen LogP contribution in [0.2, 0.25) is 0 Å². The number of esters is 3. The third kappa shape index (κ3) is 7.34. The molecule has 0 amide bonds. The number of ether oxygens (including phenoxy) is 5. The molecule has 2 aliphatic heterocycles. The molecule has 2 N–H and O–H groups in total. The first-order valence-electron chi connectivity index (χ1n) is 15.8. The number of carbonyl (C=O) groups is 3. The predicted molar refractivity (Wildman–Crippen MR) is 168 cm³/mol. The molecule has 1 aromatic heterocycles. The lowest BCUT2D eigenvalue weighted by atomic mass is 9.64. The number of aliphatic hydroxyl groups excluding tert-OH is 1. The van der Waals surface area contributed by atoms with Gasteiger partial charge in [-0.3, -0.25) is 4.79 Å². The van der Waals surface area contributed by atoms with Crippen molar-refractivity contribution in [3.8, 4) is 0 Å². The first-order valence-corrected chi connectivity index (χ1v) is 16.4. The number of aliphatic hydroxyl groups is 1. The van der Waals surface area contributed by atoms with Gasteiger partial charge >= 0.3 is 17.9 Å². The van der Waals surface area contributed by atoms with E-state index < -0.39 is 71.5 Å². The van der Waals surface area contributed by atoms with Gasteiger partial charge in [0.25, 0.3) is 0 Å². The van der Waals surface area contributed by atoms with Crippen LogP contribution in [0.25, 0.3) is 0 Å². The zero-order valence-corrected chi connectivity index (χ0v) is 28.0. The number of cyclic esters (lactones) is 1. The van der Waals surface area contributed by atoms with Crippen LogP contribution in [0.3, 0.4) is 0 Å².